The number of pyridine rings is 1. The standard InChI is InChI=1S/C29H39N7O/c1-29(13-17-35(18-14-29)23-10-15-32-16-11-23)12-9-26-34-24-19-21(28(30)31)7-8-25(24)36(26)20-27(37)33-22-5-3-2-4-6-22/h7-8,10-11,15-16,19,22H,2-6,9,12-14,17-18,20H2,1H3,(H3,30,31)(H,33,37). The number of imidazole rings is 1. The highest BCUT2D eigenvalue weighted by Crippen LogP contribution is 2.37. The number of benzene rings is 1. The largest absolute Gasteiger partial charge is 0.384 e. The third kappa shape index (κ3) is 5.95. The number of nitrogen functional groups attached to an aromatic ring is 1. The van der Waals surface area contributed by atoms with E-state index in [9.17, 15) is 4.79 Å². The van der Waals surface area contributed by atoms with Crippen LogP contribution in [0.4, 0.5) is 5.69 Å². The van der Waals surface area contributed by atoms with Crippen molar-refractivity contribution in [3.8, 4) is 0 Å². The lowest BCUT2D eigenvalue weighted by atomic mass is 9.76. The number of hydrogen-bond donors (Lipinski definition) is 3. The molecule has 2 aromatic heterocycles. The number of nitrogens with zero attached hydrogens (tertiary/aromatic N) is 4. The number of piperidine rings is 1. The molecular formula is C29H39N7O. The maximum absolute atomic E-state index is 13.1. The quantitative estimate of drug-likeness (QED) is 0.313. The minimum absolute atomic E-state index is 0.0292. The Bertz CT molecular complexity index is 1240. The highest BCUT2D eigenvalue weighted by atomic mass is 16.2. The minimum Gasteiger partial charge on any atom is -0.384 e. The highest BCUT2D eigenvalue weighted by molar-refractivity contribution is 5.98. The Morgan fingerprint density at radius 2 is 1.86 bits per heavy atom. The summed E-state index contributed by atoms with van der Waals surface area (Å²) in [7, 11) is 0. The molecule has 0 atom stereocenters. The average Bonchev–Trinajstić information content (AvgIpc) is 3.25. The molecule has 2 aliphatic rings. The Morgan fingerprint density at radius 1 is 1.14 bits per heavy atom. The van der Waals surface area contributed by atoms with Crippen LogP contribution in [0.2, 0.25) is 0 Å². The fourth-order valence-electron chi connectivity index (χ4n) is 5.90. The topological polar surface area (TPSA) is 113 Å². The second-order valence-electron chi connectivity index (χ2n) is 11.1. The molecule has 5 rings (SSSR count). The first-order valence-electron chi connectivity index (χ1n) is 13.7. The molecule has 1 aliphatic heterocycles. The smallest absolute Gasteiger partial charge is 0.240 e. The Hall–Kier alpha value is -3.42. The van der Waals surface area contributed by atoms with E-state index in [1.165, 1.54) is 24.9 Å². The molecule has 0 unspecified atom stereocenters. The van der Waals surface area contributed by atoms with Gasteiger partial charge < -0.3 is 20.5 Å². The van der Waals surface area contributed by atoms with E-state index in [2.05, 4.69) is 38.8 Å². The maximum Gasteiger partial charge on any atom is 0.240 e. The second kappa shape index (κ2) is 10.9. The van der Waals surface area contributed by atoms with Gasteiger partial charge in [-0.1, -0.05) is 26.2 Å². The van der Waals surface area contributed by atoms with Gasteiger partial charge in [-0.15, -0.1) is 0 Å². The van der Waals surface area contributed by atoms with E-state index >= 15 is 0 Å². The number of carbonyl (C=O) groups excluding carboxylic acids is 1. The minimum atomic E-state index is 0.0292. The molecule has 4 N–H and O–H groups in total. The summed E-state index contributed by atoms with van der Waals surface area (Å²) in [5.74, 6) is 1.02. The molecule has 8 nitrogen and oxygen atoms in total. The molecule has 0 bridgehead atoms. The van der Waals surface area contributed by atoms with Crippen LogP contribution in [0.15, 0.2) is 42.7 Å². The van der Waals surface area contributed by atoms with Crippen molar-refractivity contribution in [2.24, 2.45) is 11.1 Å². The van der Waals surface area contributed by atoms with Crippen LogP contribution in [-0.2, 0) is 17.8 Å². The number of aryl methyl sites for hydroxylation is 1. The molecule has 0 spiro atoms. The number of anilines is 1. The van der Waals surface area contributed by atoms with Gasteiger partial charge in [0, 0.05) is 49.2 Å². The third-order valence-electron chi connectivity index (χ3n) is 8.36. The van der Waals surface area contributed by atoms with Gasteiger partial charge in [0.25, 0.3) is 0 Å². The van der Waals surface area contributed by atoms with Crippen molar-refractivity contribution >= 4 is 28.5 Å². The Balaban J connectivity index is 1.31. The molecule has 1 saturated heterocycles. The van der Waals surface area contributed by atoms with Crippen molar-refractivity contribution in [1.29, 1.82) is 5.41 Å². The molecule has 37 heavy (non-hydrogen) atoms. The zero-order valence-corrected chi connectivity index (χ0v) is 21.9. The summed E-state index contributed by atoms with van der Waals surface area (Å²) in [4.78, 5) is 24.6. The van der Waals surface area contributed by atoms with Crippen molar-refractivity contribution in [2.75, 3.05) is 18.0 Å². The van der Waals surface area contributed by atoms with Crippen LogP contribution in [0, 0.1) is 10.8 Å². The number of amidine groups is 1. The van der Waals surface area contributed by atoms with Gasteiger partial charge in [-0.05, 0) is 67.9 Å². The SMILES string of the molecule is CC1(CCc2nc3cc(C(=N)N)ccc3n2CC(=O)NC2CCCCC2)CCN(c2ccncc2)CC1. The number of hydrogen-bond acceptors (Lipinski definition) is 5. The summed E-state index contributed by atoms with van der Waals surface area (Å²) in [5, 5.41) is 11.1. The lowest BCUT2D eigenvalue weighted by Gasteiger charge is -2.40. The summed E-state index contributed by atoms with van der Waals surface area (Å²) < 4.78 is 2.08. The van der Waals surface area contributed by atoms with Crippen molar-refractivity contribution in [2.45, 2.75) is 77.3 Å². The van der Waals surface area contributed by atoms with Crippen LogP contribution in [0.3, 0.4) is 0 Å². The summed E-state index contributed by atoms with van der Waals surface area (Å²) >= 11 is 0. The molecule has 1 aliphatic carbocycles. The Labute approximate surface area is 219 Å². The molecule has 3 heterocycles. The molecule has 8 heteroatoms. The first kappa shape index (κ1) is 25.2. The van der Waals surface area contributed by atoms with Gasteiger partial charge in [-0.25, -0.2) is 4.98 Å². The molecule has 2 fully saturated rings. The van der Waals surface area contributed by atoms with Gasteiger partial charge in [-0.3, -0.25) is 15.2 Å². The first-order chi connectivity index (χ1) is 17.9. The fraction of sp³-hybridized carbons (Fsp3) is 0.517. The predicted octanol–water partition coefficient (Wildman–Crippen LogP) is 4.40. The first-order valence-corrected chi connectivity index (χ1v) is 13.7. The van der Waals surface area contributed by atoms with E-state index in [1.54, 1.807) is 0 Å². The molecule has 196 valence electrons. The van der Waals surface area contributed by atoms with Crippen molar-refractivity contribution in [1.82, 2.24) is 19.9 Å². The van der Waals surface area contributed by atoms with Gasteiger partial charge >= 0.3 is 0 Å². The summed E-state index contributed by atoms with van der Waals surface area (Å²) in [5.41, 5.74) is 9.58. The monoisotopic (exact) mass is 501 g/mol. The van der Waals surface area contributed by atoms with Crippen LogP contribution in [0.25, 0.3) is 11.0 Å². The lowest BCUT2D eigenvalue weighted by molar-refractivity contribution is -0.122. The van der Waals surface area contributed by atoms with Gasteiger partial charge in [0.1, 0.15) is 18.2 Å². The summed E-state index contributed by atoms with van der Waals surface area (Å²) in [6.07, 6.45) is 13.6. The third-order valence-corrected chi connectivity index (χ3v) is 8.36. The van der Waals surface area contributed by atoms with E-state index in [1.807, 2.05) is 30.6 Å². The number of carbonyl (C=O) groups is 1. The van der Waals surface area contributed by atoms with Gasteiger partial charge in [0.15, 0.2) is 0 Å². The molecular weight excluding hydrogens is 462 g/mol. The number of nitrogens with one attached hydrogen (secondary N) is 2. The number of rotatable bonds is 8. The average molecular weight is 502 g/mol. The number of fused-ring (bicyclic) bond motifs is 1. The fourth-order valence-corrected chi connectivity index (χ4v) is 5.90. The molecule has 1 saturated carbocycles. The normalized spacial score (nSPS) is 18.1. The van der Waals surface area contributed by atoms with Gasteiger partial charge in [0.05, 0.1) is 11.0 Å². The van der Waals surface area contributed by atoms with Crippen molar-refractivity contribution in [3.05, 3.63) is 54.1 Å². The Morgan fingerprint density at radius 3 is 2.57 bits per heavy atom. The molecule has 3 aromatic rings. The Kier molecular flexibility index (Phi) is 7.44. The highest BCUT2D eigenvalue weighted by Gasteiger charge is 2.31. The van der Waals surface area contributed by atoms with Crippen molar-refractivity contribution < 1.29 is 4.79 Å². The molecule has 1 amide bonds. The number of aromatic nitrogens is 3. The predicted molar refractivity (Wildman–Crippen MR) is 148 cm³/mol. The molecule has 0 radical (unpaired) electrons. The number of nitrogens with two attached hydrogens (primary N) is 1. The zero-order chi connectivity index (χ0) is 25.8. The summed E-state index contributed by atoms with van der Waals surface area (Å²) in [6.45, 7) is 4.72. The van der Waals surface area contributed by atoms with E-state index in [0.29, 0.717) is 5.56 Å². The van der Waals surface area contributed by atoms with E-state index in [4.69, 9.17) is 16.1 Å². The van der Waals surface area contributed by atoms with Crippen LogP contribution in [0.1, 0.15) is 69.7 Å². The lowest BCUT2D eigenvalue weighted by Crippen LogP contribution is -2.39. The van der Waals surface area contributed by atoms with E-state index < -0.39 is 0 Å². The van der Waals surface area contributed by atoms with Crippen LogP contribution in [0.5, 0.6) is 0 Å². The second-order valence-corrected chi connectivity index (χ2v) is 11.1. The summed E-state index contributed by atoms with van der Waals surface area (Å²) in [6, 6.07) is 10.1. The maximum atomic E-state index is 13.1. The van der Waals surface area contributed by atoms with Gasteiger partial charge in [0.2, 0.25) is 5.91 Å². The van der Waals surface area contributed by atoms with Crippen LogP contribution >= 0.6 is 0 Å². The molecule has 1 aromatic carbocycles. The van der Waals surface area contributed by atoms with Gasteiger partial charge in [-0.2, -0.15) is 0 Å². The van der Waals surface area contributed by atoms with Crippen LogP contribution in [-0.4, -0.2) is 45.4 Å². The number of amides is 1. The van der Waals surface area contributed by atoms with E-state index in [0.717, 1.165) is 68.5 Å². The van der Waals surface area contributed by atoms with E-state index in [-0.39, 0.29) is 29.7 Å². The van der Waals surface area contributed by atoms with Crippen LogP contribution < -0.4 is 16.0 Å². The zero-order valence-electron chi connectivity index (χ0n) is 21.9. The van der Waals surface area contributed by atoms with Crippen molar-refractivity contribution in [3.63, 3.8) is 0 Å².